The number of piperidine rings is 1. The number of pyridine rings is 1. The van der Waals surface area contributed by atoms with Crippen LogP contribution in [0.25, 0.3) is 0 Å². The Morgan fingerprint density at radius 2 is 2.33 bits per heavy atom. The Labute approximate surface area is 117 Å². The fraction of sp³-hybridized carbons (Fsp3) is 0.643. The number of hydrogen-bond acceptors (Lipinski definition) is 2. The molecule has 2 unspecified atom stereocenters. The van der Waals surface area contributed by atoms with Gasteiger partial charge < -0.3 is 5.32 Å². The Balaban J connectivity index is 1.91. The minimum Gasteiger partial charge on any atom is -0.314 e. The summed E-state index contributed by atoms with van der Waals surface area (Å²) in [7, 11) is 0. The predicted molar refractivity (Wildman–Crippen MR) is 75.4 cm³/mol. The first-order valence-corrected chi connectivity index (χ1v) is 7.37. The third kappa shape index (κ3) is 4.32. The smallest absolute Gasteiger partial charge is 0.115 e. The van der Waals surface area contributed by atoms with Crippen LogP contribution in [0.15, 0.2) is 22.8 Å². The van der Waals surface area contributed by atoms with Crippen LogP contribution in [0, 0.1) is 0 Å². The molecule has 0 aliphatic carbocycles. The van der Waals surface area contributed by atoms with Gasteiger partial charge in [-0.2, -0.15) is 0 Å². The van der Waals surface area contributed by atoms with Gasteiger partial charge in [-0.05, 0) is 60.8 Å². The molecule has 18 heavy (non-hydrogen) atoms. The van der Waals surface area contributed by atoms with Crippen molar-refractivity contribution in [3.05, 3.63) is 28.5 Å². The monoisotopic (exact) mass is 314 g/mol. The minimum atomic E-state index is -1.18. The first kappa shape index (κ1) is 13.9. The molecule has 1 fully saturated rings. The quantitative estimate of drug-likeness (QED) is 0.917. The van der Waals surface area contributed by atoms with Crippen LogP contribution in [-0.2, 0) is 6.42 Å². The Kier molecular flexibility index (Phi) is 4.73. The van der Waals surface area contributed by atoms with Crippen LogP contribution >= 0.6 is 15.9 Å². The van der Waals surface area contributed by atoms with Gasteiger partial charge in [-0.25, -0.2) is 4.39 Å². The summed E-state index contributed by atoms with van der Waals surface area (Å²) in [6.45, 7) is 2.71. The molecule has 2 atom stereocenters. The number of halogens is 2. The van der Waals surface area contributed by atoms with Crippen LogP contribution in [-0.4, -0.2) is 23.2 Å². The maximum atomic E-state index is 14.6. The molecular weight excluding hydrogens is 295 g/mol. The molecule has 1 aromatic heterocycles. The summed E-state index contributed by atoms with van der Waals surface area (Å²) in [4.78, 5) is 4.25. The molecular formula is C14H20BrFN2. The maximum absolute atomic E-state index is 14.6. The van der Waals surface area contributed by atoms with E-state index in [0.29, 0.717) is 18.9 Å². The highest BCUT2D eigenvalue weighted by atomic mass is 79.9. The van der Waals surface area contributed by atoms with Gasteiger partial charge >= 0.3 is 0 Å². The summed E-state index contributed by atoms with van der Waals surface area (Å²) in [5.74, 6) is 0. The molecule has 1 aliphatic rings. The van der Waals surface area contributed by atoms with E-state index in [0.717, 1.165) is 23.1 Å². The van der Waals surface area contributed by atoms with E-state index in [9.17, 15) is 4.39 Å². The summed E-state index contributed by atoms with van der Waals surface area (Å²) in [5.41, 5.74) is -0.366. The van der Waals surface area contributed by atoms with Crippen molar-refractivity contribution < 1.29 is 4.39 Å². The Morgan fingerprint density at radius 1 is 1.50 bits per heavy atom. The lowest BCUT2D eigenvalue weighted by Gasteiger charge is -2.29. The summed E-state index contributed by atoms with van der Waals surface area (Å²) >= 11 is 3.34. The molecule has 2 heterocycles. The number of alkyl halides is 1. The van der Waals surface area contributed by atoms with E-state index in [1.165, 1.54) is 12.8 Å². The molecule has 0 saturated carbocycles. The Bertz CT molecular complexity index is 372. The lowest BCUT2D eigenvalue weighted by Crippen LogP contribution is -2.40. The summed E-state index contributed by atoms with van der Waals surface area (Å²) < 4.78 is 15.5. The molecule has 1 saturated heterocycles. The largest absolute Gasteiger partial charge is 0.314 e. The van der Waals surface area contributed by atoms with Crippen molar-refractivity contribution in [2.45, 2.75) is 50.7 Å². The number of nitrogens with one attached hydrogen (secondary N) is 1. The Morgan fingerprint density at radius 3 is 2.94 bits per heavy atom. The standard InChI is InChI=1S/C14H20BrFN2/c1-14(16,8-12-4-2-3-7-17-12)9-13-6-5-11(15)10-18-13/h5-6,10,12,17H,2-4,7-9H2,1H3. The van der Waals surface area contributed by atoms with Gasteiger partial charge in [-0.3, -0.25) is 4.98 Å². The molecule has 0 bridgehead atoms. The van der Waals surface area contributed by atoms with Gasteiger partial charge in [-0.1, -0.05) is 6.42 Å². The van der Waals surface area contributed by atoms with E-state index in [4.69, 9.17) is 0 Å². The number of aromatic nitrogens is 1. The van der Waals surface area contributed by atoms with Crippen molar-refractivity contribution >= 4 is 15.9 Å². The Hall–Kier alpha value is -0.480. The van der Waals surface area contributed by atoms with Crippen molar-refractivity contribution in [3.63, 3.8) is 0 Å². The molecule has 2 nitrogen and oxygen atoms in total. The third-order valence-corrected chi connectivity index (χ3v) is 3.89. The zero-order chi connectivity index (χ0) is 13.0. The van der Waals surface area contributed by atoms with Gasteiger partial charge in [0.15, 0.2) is 0 Å². The van der Waals surface area contributed by atoms with E-state index in [1.807, 2.05) is 12.1 Å². The van der Waals surface area contributed by atoms with Crippen molar-refractivity contribution in [2.75, 3.05) is 6.54 Å². The molecule has 100 valence electrons. The van der Waals surface area contributed by atoms with E-state index in [1.54, 1.807) is 13.1 Å². The minimum absolute atomic E-state index is 0.323. The lowest BCUT2D eigenvalue weighted by molar-refractivity contribution is 0.144. The van der Waals surface area contributed by atoms with Crippen LogP contribution < -0.4 is 5.32 Å². The van der Waals surface area contributed by atoms with Crippen LogP contribution in [0.4, 0.5) is 4.39 Å². The van der Waals surface area contributed by atoms with Crippen molar-refractivity contribution in [1.82, 2.24) is 10.3 Å². The molecule has 1 N–H and O–H groups in total. The van der Waals surface area contributed by atoms with E-state index in [-0.39, 0.29) is 0 Å². The maximum Gasteiger partial charge on any atom is 0.115 e. The molecule has 0 aromatic carbocycles. The van der Waals surface area contributed by atoms with Gasteiger partial charge in [0.25, 0.3) is 0 Å². The first-order valence-electron chi connectivity index (χ1n) is 6.58. The fourth-order valence-corrected chi connectivity index (χ4v) is 2.81. The van der Waals surface area contributed by atoms with Crippen molar-refractivity contribution in [3.8, 4) is 0 Å². The second-order valence-electron chi connectivity index (χ2n) is 5.41. The molecule has 1 aromatic rings. The van der Waals surface area contributed by atoms with E-state index in [2.05, 4.69) is 26.2 Å². The zero-order valence-electron chi connectivity index (χ0n) is 10.8. The van der Waals surface area contributed by atoms with Crippen LogP contribution in [0.3, 0.4) is 0 Å². The van der Waals surface area contributed by atoms with Gasteiger partial charge in [0.1, 0.15) is 5.67 Å². The molecule has 0 spiro atoms. The molecule has 0 amide bonds. The lowest BCUT2D eigenvalue weighted by atomic mass is 9.89. The normalized spacial score (nSPS) is 23.6. The SMILES string of the molecule is CC(F)(Cc1ccc(Br)cn1)CC1CCCCN1. The predicted octanol–water partition coefficient (Wildman–Crippen LogP) is 3.65. The van der Waals surface area contributed by atoms with Crippen LogP contribution in [0.2, 0.25) is 0 Å². The number of rotatable bonds is 4. The first-order chi connectivity index (χ1) is 8.55. The van der Waals surface area contributed by atoms with Crippen molar-refractivity contribution in [1.29, 1.82) is 0 Å². The second kappa shape index (κ2) is 6.11. The molecule has 2 rings (SSSR count). The topological polar surface area (TPSA) is 24.9 Å². The summed E-state index contributed by atoms with van der Waals surface area (Å²) in [5, 5.41) is 3.40. The molecule has 0 radical (unpaired) electrons. The van der Waals surface area contributed by atoms with Crippen molar-refractivity contribution in [2.24, 2.45) is 0 Å². The van der Waals surface area contributed by atoms with E-state index >= 15 is 0 Å². The highest BCUT2D eigenvalue weighted by Crippen LogP contribution is 2.25. The highest BCUT2D eigenvalue weighted by Gasteiger charge is 2.29. The second-order valence-corrected chi connectivity index (χ2v) is 6.32. The average molecular weight is 315 g/mol. The van der Waals surface area contributed by atoms with Crippen LogP contribution in [0.5, 0.6) is 0 Å². The summed E-state index contributed by atoms with van der Waals surface area (Å²) in [6, 6.07) is 4.12. The molecule has 1 aliphatic heterocycles. The third-order valence-electron chi connectivity index (χ3n) is 3.42. The fourth-order valence-electron chi connectivity index (χ4n) is 2.57. The highest BCUT2D eigenvalue weighted by molar-refractivity contribution is 9.10. The van der Waals surface area contributed by atoms with Gasteiger partial charge in [0.05, 0.1) is 0 Å². The van der Waals surface area contributed by atoms with Gasteiger partial charge in [0.2, 0.25) is 0 Å². The number of hydrogen-bond donors (Lipinski definition) is 1. The summed E-state index contributed by atoms with van der Waals surface area (Å²) in [6.07, 6.45) is 6.21. The van der Waals surface area contributed by atoms with Gasteiger partial charge in [-0.15, -0.1) is 0 Å². The van der Waals surface area contributed by atoms with Gasteiger partial charge in [0, 0.05) is 28.8 Å². The number of nitrogens with zero attached hydrogens (tertiary/aromatic N) is 1. The average Bonchev–Trinajstić information content (AvgIpc) is 2.32. The van der Waals surface area contributed by atoms with E-state index < -0.39 is 5.67 Å². The molecule has 4 heteroatoms. The van der Waals surface area contributed by atoms with Crippen LogP contribution in [0.1, 0.15) is 38.3 Å². The zero-order valence-corrected chi connectivity index (χ0v) is 12.3.